The fourth-order valence-corrected chi connectivity index (χ4v) is 3.30. The Morgan fingerprint density at radius 1 is 1.33 bits per heavy atom. The van der Waals surface area contributed by atoms with E-state index in [2.05, 4.69) is 23.5 Å². The van der Waals surface area contributed by atoms with Crippen molar-refractivity contribution in [3.8, 4) is 11.5 Å². The Balaban J connectivity index is 0.00000316. The molecule has 0 radical (unpaired) electrons. The third kappa shape index (κ3) is 9.96. The molecule has 1 saturated heterocycles. The van der Waals surface area contributed by atoms with E-state index < -0.39 is 35.8 Å². The minimum absolute atomic E-state index is 0.129. The molecule has 1 fully saturated rings. The Morgan fingerprint density at radius 3 is 2.64 bits per heavy atom. The number of aromatic nitrogens is 1. The zero-order valence-corrected chi connectivity index (χ0v) is 20.9. The van der Waals surface area contributed by atoms with Crippen LogP contribution in [0, 0.1) is 0 Å². The first kappa shape index (κ1) is 30.5. The molecule has 198 valence electrons. The molecule has 0 aliphatic carbocycles. The number of nitrogens with one attached hydrogen (secondary N) is 1. The normalized spacial score (nSPS) is 19.9. The van der Waals surface area contributed by atoms with E-state index in [0.717, 1.165) is 7.11 Å². The first-order chi connectivity index (χ1) is 17.1. The van der Waals surface area contributed by atoms with Gasteiger partial charge >= 0.3 is 11.9 Å². The third-order valence-electron chi connectivity index (χ3n) is 4.80. The molecule has 0 saturated carbocycles. The van der Waals surface area contributed by atoms with E-state index in [1.165, 1.54) is 38.4 Å². The minimum Gasteiger partial charge on any atom is -0.493 e. The number of nitrogens with zero attached hydrogens (tertiary/aromatic N) is 1. The second kappa shape index (κ2) is 15.4. The molecule has 2 heterocycles. The van der Waals surface area contributed by atoms with Crippen molar-refractivity contribution in [1.29, 1.82) is 0 Å². The number of carbonyl (C=O) groups is 3. The van der Waals surface area contributed by atoms with E-state index in [0.29, 0.717) is 18.4 Å². The number of rotatable bonds is 8. The van der Waals surface area contributed by atoms with Crippen molar-refractivity contribution in [2.45, 2.75) is 51.4 Å². The Kier molecular flexibility index (Phi) is 13.1. The average Bonchev–Trinajstić information content (AvgIpc) is 2.88. The van der Waals surface area contributed by atoms with Gasteiger partial charge in [-0.05, 0) is 19.4 Å². The summed E-state index contributed by atoms with van der Waals surface area (Å²) in [5.41, 5.74) is 0.417. The van der Waals surface area contributed by atoms with Crippen molar-refractivity contribution in [3.05, 3.63) is 54.7 Å². The van der Waals surface area contributed by atoms with Crippen LogP contribution >= 0.6 is 0 Å². The number of halogens is 1. The number of cyclic esters (lactones) is 1. The summed E-state index contributed by atoms with van der Waals surface area (Å²) >= 11 is 0. The summed E-state index contributed by atoms with van der Waals surface area (Å²) in [6.07, 6.45) is 4.14. The van der Waals surface area contributed by atoms with Crippen LogP contribution in [0.1, 0.15) is 43.6 Å². The van der Waals surface area contributed by atoms with Crippen LogP contribution < -0.4 is 14.8 Å². The molecule has 10 nitrogen and oxygen atoms in total. The highest BCUT2D eigenvalue weighted by Crippen LogP contribution is 2.30. The number of amides is 1. The van der Waals surface area contributed by atoms with E-state index in [4.69, 9.17) is 24.1 Å². The Morgan fingerprint density at radius 2 is 2.03 bits per heavy atom. The Hall–Kier alpha value is -3.57. The average molecular weight is 509 g/mol. The van der Waals surface area contributed by atoms with Gasteiger partial charge in [-0.2, -0.15) is 0 Å². The zero-order valence-electron chi connectivity index (χ0n) is 20.9. The number of allylic oxidation sites excluding steroid dienone is 3. The summed E-state index contributed by atoms with van der Waals surface area (Å²) in [4.78, 5) is 41.0. The first-order valence-corrected chi connectivity index (χ1v) is 11.1. The van der Waals surface area contributed by atoms with Gasteiger partial charge in [0.25, 0.3) is 5.91 Å². The molecular formula is C25H33FN2O8. The van der Waals surface area contributed by atoms with Crippen molar-refractivity contribution >= 4 is 17.8 Å². The SMILES string of the molecule is C=C(F)/C=C\C(=C)CC1CC(C)OC(=O)[C@@H](NC(=O)c2nccc(OC)c2OC(C)=O)CCO1.CO. The largest absolute Gasteiger partial charge is 0.493 e. The molecule has 1 aromatic rings. The third-order valence-corrected chi connectivity index (χ3v) is 4.80. The van der Waals surface area contributed by atoms with Gasteiger partial charge in [-0.25, -0.2) is 14.2 Å². The molecule has 36 heavy (non-hydrogen) atoms. The quantitative estimate of drug-likeness (QED) is 0.402. The lowest BCUT2D eigenvalue weighted by Crippen LogP contribution is -2.43. The van der Waals surface area contributed by atoms with Gasteiger partial charge in [0.1, 0.15) is 18.0 Å². The predicted octanol–water partition coefficient (Wildman–Crippen LogP) is 2.82. The molecule has 0 spiro atoms. The zero-order chi connectivity index (χ0) is 27.3. The van der Waals surface area contributed by atoms with Gasteiger partial charge in [0.05, 0.1) is 13.2 Å². The van der Waals surface area contributed by atoms with Crippen LogP contribution in [-0.4, -0.2) is 67.0 Å². The van der Waals surface area contributed by atoms with Crippen molar-refractivity contribution in [3.63, 3.8) is 0 Å². The molecule has 0 aromatic carbocycles. The van der Waals surface area contributed by atoms with Crippen LogP contribution in [0.5, 0.6) is 11.5 Å². The smallest absolute Gasteiger partial charge is 0.329 e. The summed E-state index contributed by atoms with van der Waals surface area (Å²) in [5, 5.41) is 9.57. The van der Waals surface area contributed by atoms with E-state index in [9.17, 15) is 18.8 Å². The molecule has 11 heteroatoms. The second-order valence-corrected chi connectivity index (χ2v) is 7.72. The highest BCUT2D eigenvalue weighted by molar-refractivity contribution is 5.98. The summed E-state index contributed by atoms with van der Waals surface area (Å²) in [6.45, 7) is 10.1. The van der Waals surface area contributed by atoms with Crippen LogP contribution in [0.3, 0.4) is 0 Å². The van der Waals surface area contributed by atoms with Crippen LogP contribution in [-0.2, 0) is 19.1 Å². The summed E-state index contributed by atoms with van der Waals surface area (Å²) in [7, 11) is 2.35. The van der Waals surface area contributed by atoms with E-state index >= 15 is 0 Å². The number of esters is 2. The van der Waals surface area contributed by atoms with Gasteiger partial charge in [0.15, 0.2) is 11.4 Å². The maximum Gasteiger partial charge on any atom is 0.329 e. The van der Waals surface area contributed by atoms with Gasteiger partial charge in [0, 0.05) is 45.7 Å². The number of aliphatic hydroxyl groups excluding tert-OH is 1. The number of carbonyl (C=O) groups excluding carboxylic acids is 3. The van der Waals surface area contributed by atoms with Crippen LogP contribution in [0.2, 0.25) is 0 Å². The van der Waals surface area contributed by atoms with Gasteiger partial charge < -0.3 is 29.4 Å². The molecule has 2 unspecified atom stereocenters. The molecule has 2 rings (SSSR count). The van der Waals surface area contributed by atoms with Crippen LogP contribution in [0.4, 0.5) is 4.39 Å². The van der Waals surface area contributed by atoms with Crippen LogP contribution in [0.25, 0.3) is 0 Å². The molecule has 0 bridgehead atoms. The van der Waals surface area contributed by atoms with E-state index in [-0.39, 0.29) is 36.3 Å². The summed E-state index contributed by atoms with van der Waals surface area (Å²) < 4.78 is 34.5. The number of hydrogen-bond donors (Lipinski definition) is 2. The topological polar surface area (TPSA) is 133 Å². The summed E-state index contributed by atoms with van der Waals surface area (Å²) in [5.74, 6) is -2.64. The van der Waals surface area contributed by atoms with Crippen molar-refractivity contribution in [2.75, 3.05) is 20.8 Å². The Labute approximate surface area is 209 Å². The molecule has 2 N–H and O–H groups in total. The lowest BCUT2D eigenvalue weighted by atomic mass is 10.0. The number of aliphatic hydroxyl groups is 1. The number of hydrogen-bond acceptors (Lipinski definition) is 9. The van der Waals surface area contributed by atoms with Crippen molar-refractivity contribution in [1.82, 2.24) is 10.3 Å². The number of ether oxygens (including phenoxy) is 4. The van der Waals surface area contributed by atoms with Crippen LogP contribution in [0.15, 0.2) is 49.0 Å². The standard InChI is InChI=1S/C24H29FN2O7.CH4O/c1-14(6-7-15(2)25)12-18-13-16(3)33-24(30)19(9-11-32-18)27-23(29)21-22(34-17(4)28)20(31-5)8-10-26-21;1-2/h6-8,10,16,18-19H,1-2,9,11-13H2,3-5H3,(H,27,29);2H,1H3/b7-6-;/t16?,18?,19-;/m0./s1. The Bertz CT molecular complexity index is 979. The van der Waals surface area contributed by atoms with Gasteiger partial charge in [-0.15, -0.1) is 0 Å². The molecule has 3 atom stereocenters. The maximum absolute atomic E-state index is 12.9. The lowest BCUT2D eigenvalue weighted by Gasteiger charge is -2.20. The highest BCUT2D eigenvalue weighted by Gasteiger charge is 2.30. The fraction of sp³-hybridized carbons (Fsp3) is 0.440. The first-order valence-electron chi connectivity index (χ1n) is 11.1. The predicted molar refractivity (Wildman–Crippen MR) is 129 cm³/mol. The monoisotopic (exact) mass is 508 g/mol. The molecule has 1 aliphatic rings. The molecular weight excluding hydrogens is 475 g/mol. The van der Waals surface area contributed by atoms with E-state index in [1.54, 1.807) is 6.92 Å². The molecule has 1 amide bonds. The summed E-state index contributed by atoms with van der Waals surface area (Å²) in [6, 6.07) is 0.413. The number of methoxy groups -OCH3 is 1. The van der Waals surface area contributed by atoms with Gasteiger partial charge in [-0.3, -0.25) is 9.59 Å². The molecule has 1 aromatic heterocycles. The highest BCUT2D eigenvalue weighted by atomic mass is 19.1. The fourth-order valence-electron chi connectivity index (χ4n) is 3.30. The van der Waals surface area contributed by atoms with Crippen molar-refractivity contribution in [2.24, 2.45) is 0 Å². The molecule has 1 aliphatic heterocycles. The second-order valence-electron chi connectivity index (χ2n) is 7.72. The van der Waals surface area contributed by atoms with Gasteiger partial charge in [-0.1, -0.05) is 24.8 Å². The minimum atomic E-state index is -1.02. The van der Waals surface area contributed by atoms with Crippen molar-refractivity contribution < 1.29 is 42.8 Å². The lowest BCUT2D eigenvalue weighted by molar-refractivity contribution is -0.151. The van der Waals surface area contributed by atoms with Gasteiger partial charge in [0.2, 0.25) is 5.75 Å². The maximum atomic E-state index is 12.9. The number of pyridine rings is 1. The van der Waals surface area contributed by atoms with E-state index in [1.807, 2.05) is 0 Å².